The molecule has 0 spiro atoms. The van der Waals surface area contributed by atoms with E-state index in [9.17, 15) is 4.79 Å². The first-order valence-corrected chi connectivity index (χ1v) is 7.78. The minimum atomic E-state index is 0.0605. The topological polar surface area (TPSA) is 20.3 Å². The number of carbonyl (C=O) groups excluding carboxylic acids is 1. The zero-order valence-corrected chi connectivity index (χ0v) is 13.5. The first kappa shape index (κ1) is 16.0. The number of likely N-dealkylation sites (N-methyl/N-ethyl adjacent to an activating group) is 1. The highest BCUT2D eigenvalue weighted by atomic mass is 16.2. The molecule has 2 heteroatoms. The minimum absolute atomic E-state index is 0.0605. The molecule has 0 aliphatic heterocycles. The molecule has 0 saturated carbocycles. The molecule has 0 unspecified atom stereocenters. The second-order valence-corrected chi connectivity index (χ2v) is 5.30. The summed E-state index contributed by atoms with van der Waals surface area (Å²) in [6, 6.07) is 18.4. The second kappa shape index (κ2) is 7.60. The molecular formula is C20H23NO. The van der Waals surface area contributed by atoms with Gasteiger partial charge in [0.25, 0.3) is 0 Å². The molecule has 1 amide bonds. The molecule has 0 atom stereocenters. The summed E-state index contributed by atoms with van der Waals surface area (Å²) in [5.41, 5.74) is 4.30. The van der Waals surface area contributed by atoms with Crippen LogP contribution < -0.4 is 0 Å². The number of benzene rings is 2. The maximum Gasteiger partial charge on any atom is 0.247 e. The quantitative estimate of drug-likeness (QED) is 0.753. The number of aryl methyl sites for hydroxylation is 1. The normalized spacial score (nSPS) is 11.3. The van der Waals surface area contributed by atoms with Gasteiger partial charge in [-0.05, 0) is 37.5 Å². The Bertz CT molecular complexity index is 654. The van der Waals surface area contributed by atoms with E-state index in [1.54, 1.807) is 6.08 Å². The SMILES string of the molecule is CCN(CC)C(=O)/C=C(/c1ccccc1)c1cccc(C)c1. The van der Waals surface area contributed by atoms with Crippen molar-refractivity contribution in [2.24, 2.45) is 0 Å². The largest absolute Gasteiger partial charge is 0.340 e. The van der Waals surface area contributed by atoms with Gasteiger partial charge in [-0.1, -0.05) is 60.2 Å². The van der Waals surface area contributed by atoms with E-state index in [0.29, 0.717) is 0 Å². The van der Waals surface area contributed by atoms with Crippen LogP contribution in [0.25, 0.3) is 5.57 Å². The summed E-state index contributed by atoms with van der Waals surface area (Å²) >= 11 is 0. The number of rotatable bonds is 5. The van der Waals surface area contributed by atoms with Gasteiger partial charge in [-0.25, -0.2) is 0 Å². The lowest BCUT2D eigenvalue weighted by molar-refractivity contribution is -0.125. The summed E-state index contributed by atoms with van der Waals surface area (Å²) in [5.74, 6) is 0.0605. The van der Waals surface area contributed by atoms with Gasteiger partial charge in [0.15, 0.2) is 0 Å². The van der Waals surface area contributed by atoms with E-state index in [2.05, 4.69) is 25.1 Å². The zero-order valence-electron chi connectivity index (χ0n) is 13.5. The van der Waals surface area contributed by atoms with Gasteiger partial charge < -0.3 is 4.90 Å². The standard InChI is InChI=1S/C20H23NO/c1-4-21(5-2)20(22)15-19(17-11-7-6-8-12-17)18-13-9-10-16(3)14-18/h6-15H,4-5H2,1-3H3/b19-15-. The Hall–Kier alpha value is -2.35. The smallest absolute Gasteiger partial charge is 0.247 e. The van der Waals surface area contributed by atoms with Gasteiger partial charge in [0.1, 0.15) is 0 Å². The van der Waals surface area contributed by atoms with Crippen molar-refractivity contribution in [2.45, 2.75) is 20.8 Å². The Kier molecular flexibility index (Phi) is 5.54. The third kappa shape index (κ3) is 3.85. The monoisotopic (exact) mass is 293 g/mol. The Morgan fingerprint density at radius 1 is 0.955 bits per heavy atom. The minimum Gasteiger partial charge on any atom is -0.340 e. The first-order valence-electron chi connectivity index (χ1n) is 7.78. The average Bonchev–Trinajstić information content (AvgIpc) is 2.54. The number of carbonyl (C=O) groups is 1. The summed E-state index contributed by atoms with van der Waals surface area (Å²) in [4.78, 5) is 14.3. The van der Waals surface area contributed by atoms with Crippen molar-refractivity contribution in [1.29, 1.82) is 0 Å². The highest BCUT2D eigenvalue weighted by molar-refractivity contribution is 5.99. The Balaban J connectivity index is 2.49. The molecule has 0 heterocycles. The number of hydrogen-bond acceptors (Lipinski definition) is 1. The van der Waals surface area contributed by atoms with Crippen LogP contribution >= 0.6 is 0 Å². The predicted octanol–water partition coefficient (Wildman–Crippen LogP) is 4.30. The number of amides is 1. The van der Waals surface area contributed by atoms with Crippen LogP contribution in [0.2, 0.25) is 0 Å². The van der Waals surface area contributed by atoms with Crippen molar-refractivity contribution in [3.05, 3.63) is 77.4 Å². The van der Waals surface area contributed by atoms with Crippen LogP contribution in [0.5, 0.6) is 0 Å². The van der Waals surface area contributed by atoms with Gasteiger partial charge in [0.2, 0.25) is 5.91 Å². The molecule has 2 rings (SSSR count). The number of hydrogen-bond donors (Lipinski definition) is 0. The van der Waals surface area contributed by atoms with Gasteiger partial charge >= 0.3 is 0 Å². The lowest BCUT2D eigenvalue weighted by Gasteiger charge is -2.18. The van der Waals surface area contributed by atoms with Crippen molar-refractivity contribution in [2.75, 3.05) is 13.1 Å². The van der Waals surface area contributed by atoms with Crippen molar-refractivity contribution in [3.8, 4) is 0 Å². The first-order chi connectivity index (χ1) is 10.7. The fourth-order valence-electron chi connectivity index (χ4n) is 2.51. The molecule has 0 aliphatic carbocycles. The van der Waals surface area contributed by atoms with Crippen LogP contribution in [0.15, 0.2) is 60.7 Å². The van der Waals surface area contributed by atoms with Crippen LogP contribution in [0, 0.1) is 6.92 Å². The number of nitrogens with zero attached hydrogens (tertiary/aromatic N) is 1. The maximum atomic E-state index is 12.5. The van der Waals surface area contributed by atoms with E-state index >= 15 is 0 Å². The third-order valence-electron chi connectivity index (χ3n) is 3.76. The molecular weight excluding hydrogens is 270 g/mol. The molecule has 22 heavy (non-hydrogen) atoms. The molecule has 0 N–H and O–H groups in total. The van der Waals surface area contributed by atoms with Crippen LogP contribution in [0.1, 0.15) is 30.5 Å². The Labute approximate surface area is 133 Å². The molecule has 0 aliphatic rings. The van der Waals surface area contributed by atoms with Crippen molar-refractivity contribution in [1.82, 2.24) is 4.90 Å². The zero-order chi connectivity index (χ0) is 15.9. The highest BCUT2D eigenvalue weighted by Gasteiger charge is 2.11. The van der Waals surface area contributed by atoms with Crippen LogP contribution in [0.3, 0.4) is 0 Å². The van der Waals surface area contributed by atoms with Crippen molar-refractivity contribution >= 4 is 11.5 Å². The van der Waals surface area contributed by atoms with Gasteiger partial charge in [-0.2, -0.15) is 0 Å². The van der Waals surface area contributed by atoms with E-state index in [1.165, 1.54) is 5.56 Å². The van der Waals surface area contributed by atoms with E-state index in [4.69, 9.17) is 0 Å². The Morgan fingerprint density at radius 3 is 2.18 bits per heavy atom. The summed E-state index contributed by atoms with van der Waals surface area (Å²) < 4.78 is 0. The summed E-state index contributed by atoms with van der Waals surface area (Å²) in [5, 5.41) is 0. The van der Waals surface area contributed by atoms with Crippen molar-refractivity contribution in [3.63, 3.8) is 0 Å². The predicted molar refractivity (Wildman–Crippen MR) is 92.6 cm³/mol. The molecule has 114 valence electrons. The fourth-order valence-corrected chi connectivity index (χ4v) is 2.51. The van der Waals surface area contributed by atoms with Gasteiger partial charge in [-0.15, -0.1) is 0 Å². The molecule has 0 aromatic heterocycles. The maximum absolute atomic E-state index is 12.5. The average molecular weight is 293 g/mol. The molecule has 0 fully saturated rings. The highest BCUT2D eigenvalue weighted by Crippen LogP contribution is 2.24. The second-order valence-electron chi connectivity index (χ2n) is 5.30. The van der Waals surface area contributed by atoms with E-state index in [0.717, 1.165) is 29.8 Å². The van der Waals surface area contributed by atoms with E-state index < -0.39 is 0 Å². The molecule has 0 saturated heterocycles. The van der Waals surface area contributed by atoms with E-state index in [-0.39, 0.29) is 5.91 Å². The van der Waals surface area contributed by atoms with Crippen LogP contribution in [-0.4, -0.2) is 23.9 Å². The van der Waals surface area contributed by atoms with Gasteiger partial charge in [-0.3, -0.25) is 4.79 Å². The lowest BCUT2D eigenvalue weighted by atomic mass is 9.96. The Morgan fingerprint density at radius 2 is 1.59 bits per heavy atom. The molecule has 2 nitrogen and oxygen atoms in total. The lowest BCUT2D eigenvalue weighted by Crippen LogP contribution is -2.29. The molecule has 0 radical (unpaired) electrons. The molecule has 2 aromatic carbocycles. The van der Waals surface area contributed by atoms with Crippen LogP contribution in [0.4, 0.5) is 0 Å². The third-order valence-corrected chi connectivity index (χ3v) is 3.76. The fraction of sp³-hybridized carbons (Fsp3) is 0.250. The van der Waals surface area contributed by atoms with Crippen molar-refractivity contribution < 1.29 is 4.79 Å². The molecule has 0 bridgehead atoms. The molecule has 2 aromatic rings. The van der Waals surface area contributed by atoms with E-state index in [1.807, 2.05) is 55.1 Å². The summed E-state index contributed by atoms with van der Waals surface area (Å²) in [7, 11) is 0. The summed E-state index contributed by atoms with van der Waals surface area (Å²) in [6.45, 7) is 7.52. The van der Waals surface area contributed by atoms with Crippen LogP contribution in [-0.2, 0) is 4.79 Å². The van der Waals surface area contributed by atoms with Gasteiger partial charge in [0.05, 0.1) is 0 Å². The summed E-state index contributed by atoms with van der Waals surface area (Å²) in [6.07, 6.45) is 1.76. The van der Waals surface area contributed by atoms with Gasteiger partial charge in [0, 0.05) is 19.2 Å².